The summed E-state index contributed by atoms with van der Waals surface area (Å²) in [6, 6.07) is 6.87. The molecular weight excluding hydrogens is 242 g/mol. The van der Waals surface area contributed by atoms with Crippen molar-refractivity contribution in [1.29, 1.82) is 0 Å². The van der Waals surface area contributed by atoms with Crippen molar-refractivity contribution in [1.82, 2.24) is 0 Å². The molecule has 0 bridgehead atoms. The van der Waals surface area contributed by atoms with Crippen LogP contribution in [0.4, 0.5) is 0 Å². The van der Waals surface area contributed by atoms with Crippen LogP contribution in [-0.2, 0) is 6.42 Å². The highest BCUT2D eigenvalue weighted by Crippen LogP contribution is 2.26. The third kappa shape index (κ3) is 5.13. The molecule has 1 aromatic rings. The van der Waals surface area contributed by atoms with Gasteiger partial charge in [0.1, 0.15) is 0 Å². The van der Waals surface area contributed by atoms with Gasteiger partial charge in [0.2, 0.25) is 0 Å². The van der Waals surface area contributed by atoms with Gasteiger partial charge in [0.15, 0.2) is 0 Å². The van der Waals surface area contributed by atoms with Crippen molar-refractivity contribution < 1.29 is 0 Å². The van der Waals surface area contributed by atoms with Crippen LogP contribution in [0, 0.1) is 5.41 Å². The summed E-state index contributed by atoms with van der Waals surface area (Å²) in [7, 11) is 0. The van der Waals surface area contributed by atoms with E-state index >= 15 is 0 Å². The minimum Gasteiger partial charge on any atom is -0.327 e. The minimum atomic E-state index is 0.206. The zero-order valence-corrected chi connectivity index (χ0v) is 14.0. The van der Waals surface area contributed by atoms with Crippen molar-refractivity contribution in [2.75, 3.05) is 0 Å². The van der Waals surface area contributed by atoms with Crippen LogP contribution in [0.3, 0.4) is 0 Å². The molecule has 0 spiro atoms. The van der Waals surface area contributed by atoms with E-state index in [2.05, 4.69) is 71.9 Å². The van der Waals surface area contributed by atoms with E-state index in [0.29, 0.717) is 5.92 Å². The molecular formula is C19H31N. The van der Waals surface area contributed by atoms with Crippen LogP contribution in [0.2, 0.25) is 0 Å². The van der Waals surface area contributed by atoms with E-state index in [9.17, 15) is 0 Å². The summed E-state index contributed by atoms with van der Waals surface area (Å²) in [6.45, 7) is 13.4. The van der Waals surface area contributed by atoms with Gasteiger partial charge in [-0.05, 0) is 40.9 Å². The van der Waals surface area contributed by atoms with Crippen molar-refractivity contribution in [2.24, 2.45) is 11.1 Å². The molecule has 0 aliphatic carbocycles. The summed E-state index contributed by atoms with van der Waals surface area (Å²) in [4.78, 5) is 0. The molecule has 0 radical (unpaired) electrons. The molecule has 0 aliphatic heterocycles. The van der Waals surface area contributed by atoms with Crippen molar-refractivity contribution in [2.45, 2.75) is 66.3 Å². The fourth-order valence-electron chi connectivity index (χ4n) is 2.30. The fraction of sp³-hybridized carbons (Fsp3) is 0.579. The molecule has 1 aromatic carbocycles. The van der Waals surface area contributed by atoms with E-state index in [1.54, 1.807) is 0 Å². The lowest BCUT2D eigenvalue weighted by Gasteiger charge is -2.19. The Morgan fingerprint density at radius 1 is 1.20 bits per heavy atom. The molecule has 0 unspecified atom stereocenters. The zero-order valence-electron chi connectivity index (χ0n) is 14.0. The quantitative estimate of drug-likeness (QED) is 0.789. The number of allylic oxidation sites excluding steroid dienone is 1. The maximum atomic E-state index is 6.20. The standard InChI is InChI=1S/C19H31N/c1-7-16(20)13-18-15(11-12-19(4,5)6)9-8-10-17(18)14(2)3/h8-12,14,16H,7,13,20H2,1-6H3/b12-11+/t16-/m0/s1. The maximum absolute atomic E-state index is 6.20. The molecule has 20 heavy (non-hydrogen) atoms. The van der Waals surface area contributed by atoms with Gasteiger partial charge >= 0.3 is 0 Å². The summed E-state index contributed by atoms with van der Waals surface area (Å²) in [6.07, 6.45) is 6.54. The lowest BCUT2D eigenvalue weighted by atomic mass is 9.87. The predicted molar refractivity (Wildman–Crippen MR) is 91.0 cm³/mol. The van der Waals surface area contributed by atoms with Crippen LogP contribution in [0.5, 0.6) is 0 Å². The predicted octanol–water partition coefficient (Wildman–Crippen LogP) is 5.15. The first-order valence-corrected chi connectivity index (χ1v) is 7.81. The first kappa shape index (κ1) is 17.0. The van der Waals surface area contributed by atoms with Crippen LogP contribution in [0.1, 0.15) is 70.6 Å². The third-order valence-electron chi connectivity index (χ3n) is 3.62. The van der Waals surface area contributed by atoms with Crippen molar-refractivity contribution >= 4 is 6.08 Å². The van der Waals surface area contributed by atoms with Gasteiger partial charge in [0, 0.05) is 6.04 Å². The normalized spacial score (nSPS) is 14.2. The summed E-state index contributed by atoms with van der Waals surface area (Å²) in [5, 5.41) is 0. The number of rotatable bonds is 5. The molecule has 112 valence electrons. The van der Waals surface area contributed by atoms with E-state index in [1.165, 1.54) is 16.7 Å². The van der Waals surface area contributed by atoms with Gasteiger partial charge < -0.3 is 5.73 Å². The molecule has 0 aromatic heterocycles. The molecule has 1 atom stereocenters. The van der Waals surface area contributed by atoms with Gasteiger partial charge in [-0.2, -0.15) is 0 Å². The molecule has 0 amide bonds. The minimum absolute atomic E-state index is 0.206. The van der Waals surface area contributed by atoms with Crippen LogP contribution in [-0.4, -0.2) is 6.04 Å². The Kier molecular flexibility index (Phi) is 6.01. The Morgan fingerprint density at radius 3 is 2.35 bits per heavy atom. The Hall–Kier alpha value is -1.08. The molecule has 2 N–H and O–H groups in total. The fourth-order valence-corrected chi connectivity index (χ4v) is 2.30. The molecule has 0 heterocycles. The first-order valence-electron chi connectivity index (χ1n) is 7.81. The Labute approximate surface area is 125 Å². The monoisotopic (exact) mass is 273 g/mol. The molecule has 1 rings (SSSR count). The van der Waals surface area contributed by atoms with Crippen molar-refractivity contribution in [3.8, 4) is 0 Å². The topological polar surface area (TPSA) is 26.0 Å². The van der Waals surface area contributed by atoms with E-state index in [1.807, 2.05) is 0 Å². The second-order valence-corrected chi connectivity index (χ2v) is 7.14. The van der Waals surface area contributed by atoms with Crippen LogP contribution in [0.15, 0.2) is 24.3 Å². The summed E-state index contributed by atoms with van der Waals surface area (Å²) < 4.78 is 0. The second kappa shape index (κ2) is 7.08. The first-order chi connectivity index (χ1) is 9.24. The van der Waals surface area contributed by atoms with Gasteiger partial charge in [0.05, 0.1) is 0 Å². The zero-order chi connectivity index (χ0) is 15.3. The summed E-state index contributed by atoms with van der Waals surface area (Å²) in [5.74, 6) is 0.539. The van der Waals surface area contributed by atoms with Gasteiger partial charge in [-0.3, -0.25) is 0 Å². The molecule has 0 saturated heterocycles. The Morgan fingerprint density at radius 2 is 1.85 bits per heavy atom. The number of nitrogens with two attached hydrogens (primary N) is 1. The van der Waals surface area contributed by atoms with Gasteiger partial charge in [0.25, 0.3) is 0 Å². The SMILES string of the molecule is CC[C@H](N)Cc1c(/C=C/C(C)(C)C)cccc1C(C)C. The average Bonchev–Trinajstić information content (AvgIpc) is 2.35. The Balaban J connectivity index is 3.22. The molecule has 1 heteroatoms. The number of hydrogen-bond donors (Lipinski definition) is 1. The number of hydrogen-bond acceptors (Lipinski definition) is 1. The van der Waals surface area contributed by atoms with Crippen molar-refractivity contribution in [3.05, 3.63) is 41.0 Å². The lowest BCUT2D eigenvalue weighted by Crippen LogP contribution is -2.22. The average molecular weight is 273 g/mol. The highest BCUT2D eigenvalue weighted by molar-refractivity contribution is 5.57. The van der Waals surface area contributed by atoms with E-state index in [0.717, 1.165) is 12.8 Å². The largest absolute Gasteiger partial charge is 0.327 e. The molecule has 0 saturated carbocycles. The van der Waals surface area contributed by atoms with Gasteiger partial charge in [-0.25, -0.2) is 0 Å². The molecule has 0 fully saturated rings. The summed E-state index contributed by atoms with van der Waals surface area (Å²) >= 11 is 0. The van der Waals surface area contributed by atoms with E-state index in [-0.39, 0.29) is 11.5 Å². The van der Waals surface area contributed by atoms with E-state index in [4.69, 9.17) is 5.73 Å². The van der Waals surface area contributed by atoms with Crippen molar-refractivity contribution in [3.63, 3.8) is 0 Å². The third-order valence-corrected chi connectivity index (χ3v) is 3.62. The van der Waals surface area contributed by atoms with E-state index < -0.39 is 0 Å². The smallest absolute Gasteiger partial charge is 0.00770 e. The highest BCUT2D eigenvalue weighted by Gasteiger charge is 2.13. The molecule has 0 aliphatic rings. The lowest BCUT2D eigenvalue weighted by molar-refractivity contribution is 0.547. The molecule has 1 nitrogen and oxygen atoms in total. The van der Waals surface area contributed by atoms with Crippen LogP contribution >= 0.6 is 0 Å². The van der Waals surface area contributed by atoms with Crippen LogP contribution in [0.25, 0.3) is 6.08 Å². The van der Waals surface area contributed by atoms with Crippen LogP contribution < -0.4 is 5.73 Å². The Bertz CT molecular complexity index is 449. The van der Waals surface area contributed by atoms with Gasteiger partial charge in [-0.1, -0.05) is 71.9 Å². The second-order valence-electron chi connectivity index (χ2n) is 7.14. The highest BCUT2D eigenvalue weighted by atomic mass is 14.6. The number of benzene rings is 1. The maximum Gasteiger partial charge on any atom is 0.00770 e. The summed E-state index contributed by atoms with van der Waals surface area (Å²) in [5.41, 5.74) is 10.6. The van der Waals surface area contributed by atoms with Gasteiger partial charge in [-0.15, -0.1) is 0 Å².